The largest absolute Gasteiger partial charge is 0.480 e. The lowest BCUT2D eigenvalue weighted by Gasteiger charge is -2.20. The summed E-state index contributed by atoms with van der Waals surface area (Å²) in [5, 5.41) is 8.95. The summed E-state index contributed by atoms with van der Waals surface area (Å²) in [7, 11) is -4.63. The summed E-state index contributed by atoms with van der Waals surface area (Å²) in [6.07, 6.45) is 65.0. The molecular formula is C58H110NO9P. The molecule has 0 bridgehead atoms. The molecule has 0 radical (unpaired) electrons. The van der Waals surface area contributed by atoms with Crippen LogP contribution in [0.5, 0.6) is 0 Å². The van der Waals surface area contributed by atoms with Crippen LogP contribution >= 0.6 is 7.82 Å². The minimum Gasteiger partial charge on any atom is -0.480 e. The number of ether oxygens (including phenoxy) is 2. The molecule has 3 unspecified atom stereocenters. The van der Waals surface area contributed by atoms with E-state index in [1.165, 1.54) is 212 Å². The van der Waals surface area contributed by atoms with Gasteiger partial charge in [0, 0.05) is 13.0 Å². The molecule has 0 aromatic carbocycles. The fourth-order valence-corrected chi connectivity index (χ4v) is 9.18. The van der Waals surface area contributed by atoms with E-state index in [1.54, 1.807) is 0 Å². The number of hydrogen-bond acceptors (Lipinski definition) is 8. The van der Waals surface area contributed by atoms with E-state index in [9.17, 15) is 19.0 Å². The Morgan fingerprint density at radius 1 is 0.464 bits per heavy atom. The van der Waals surface area contributed by atoms with Gasteiger partial charge >= 0.3 is 19.8 Å². The third-order valence-corrected chi connectivity index (χ3v) is 13.8. The van der Waals surface area contributed by atoms with Gasteiger partial charge in [0.25, 0.3) is 0 Å². The molecule has 0 rings (SSSR count). The maximum Gasteiger partial charge on any atom is 0.472 e. The molecule has 0 amide bonds. The van der Waals surface area contributed by atoms with Crippen molar-refractivity contribution in [3.63, 3.8) is 0 Å². The van der Waals surface area contributed by atoms with Crippen molar-refractivity contribution in [2.45, 2.75) is 296 Å². The van der Waals surface area contributed by atoms with Gasteiger partial charge in [0.05, 0.1) is 19.8 Å². The number of hydrogen-bond donors (Lipinski definition) is 3. The van der Waals surface area contributed by atoms with Crippen molar-refractivity contribution in [1.29, 1.82) is 0 Å². The van der Waals surface area contributed by atoms with Gasteiger partial charge in [-0.1, -0.05) is 243 Å². The van der Waals surface area contributed by atoms with Crippen molar-refractivity contribution in [2.24, 2.45) is 5.73 Å². The Bertz CT molecular complexity index is 1240. The Labute approximate surface area is 425 Å². The first kappa shape index (κ1) is 67.2. The van der Waals surface area contributed by atoms with Gasteiger partial charge in [0.15, 0.2) is 0 Å². The van der Waals surface area contributed by atoms with Gasteiger partial charge in [0.1, 0.15) is 12.1 Å². The minimum atomic E-state index is -4.63. The number of rotatable bonds is 56. The van der Waals surface area contributed by atoms with Crippen LogP contribution in [-0.4, -0.2) is 60.5 Å². The van der Waals surface area contributed by atoms with E-state index in [1.807, 2.05) is 0 Å². The molecular weight excluding hydrogens is 886 g/mol. The van der Waals surface area contributed by atoms with Gasteiger partial charge in [-0.05, 0) is 70.6 Å². The van der Waals surface area contributed by atoms with Crippen LogP contribution in [0.15, 0.2) is 36.5 Å². The smallest absolute Gasteiger partial charge is 0.472 e. The van der Waals surface area contributed by atoms with E-state index in [2.05, 4.69) is 50.3 Å². The van der Waals surface area contributed by atoms with Crippen LogP contribution in [-0.2, 0) is 32.7 Å². The van der Waals surface area contributed by atoms with E-state index < -0.39 is 45.1 Å². The number of carbonyl (C=O) groups excluding carboxylic acids is 1. The average Bonchev–Trinajstić information content (AvgIpc) is 3.33. The topological polar surface area (TPSA) is 155 Å². The predicted octanol–water partition coefficient (Wildman–Crippen LogP) is 17.6. The van der Waals surface area contributed by atoms with Crippen LogP contribution < -0.4 is 5.73 Å². The Balaban J connectivity index is 4.05. The van der Waals surface area contributed by atoms with Crippen LogP contribution in [0.25, 0.3) is 0 Å². The number of unbranched alkanes of at least 4 members (excludes halogenated alkanes) is 36. The molecule has 0 aliphatic carbocycles. The highest BCUT2D eigenvalue weighted by atomic mass is 31.2. The zero-order valence-electron chi connectivity index (χ0n) is 44.9. The highest BCUT2D eigenvalue weighted by Gasteiger charge is 2.27. The molecule has 10 nitrogen and oxygen atoms in total. The van der Waals surface area contributed by atoms with Crippen molar-refractivity contribution < 1.29 is 42.7 Å². The fraction of sp³-hybridized carbons (Fsp3) is 0.862. The summed E-state index contributed by atoms with van der Waals surface area (Å²) in [5.74, 6) is -1.77. The van der Waals surface area contributed by atoms with Crippen molar-refractivity contribution >= 4 is 19.8 Å². The lowest BCUT2D eigenvalue weighted by Crippen LogP contribution is -2.34. The van der Waals surface area contributed by atoms with E-state index in [-0.39, 0.29) is 13.0 Å². The third-order valence-electron chi connectivity index (χ3n) is 12.9. The highest BCUT2D eigenvalue weighted by molar-refractivity contribution is 7.47. The number of carboxylic acid groups (broad SMARTS) is 1. The minimum absolute atomic E-state index is 0.0186. The molecule has 0 aliphatic heterocycles. The fourth-order valence-electron chi connectivity index (χ4n) is 8.40. The lowest BCUT2D eigenvalue weighted by atomic mass is 10.0. The number of carboxylic acids is 1. The molecule has 69 heavy (non-hydrogen) atoms. The van der Waals surface area contributed by atoms with E-state index in [4.69, 9.17) is 29.4 Å². The number of esters is 1. The number of phosphoric acid groups is 1. The number of carbonyl (C=O) groups is 2. The molecule has 11 heteroatoms. The Morgan fingerprint density at radius 3 is 1.19 bits per heavy atom. The Kier molecular flexibility index (Phi) is 52.6. The highest BCUT2D eigenvalue weighted by Crippen LogP contribution is 2.43. The van der Waals surface area contributed by atoms with E-state index in [0.29, 0.717) is 13.0 Å². The molecule has 0 saturated heterocycles. The second kappa shape index (κ2) is 54.0. The molecule has 0 spiro atoms. The quantitative estimate of drug-likeness (QED) is 0.0232. The normalized spacial score (nSPS) is 13.8. The van der Waals surface area contributed by atoms with Crippen molar-refractivity contribution in [1.82, 2.24) is 0 Å². The van der Waals surface area contributed by atoms with Crippen LogP contribution in [0, 0.1) is 0 Å². The maximum absolute atomic E-state index is 12.7. The molecule has 3 atom stereocenters. The van der Waals surface area contributed by atoms with Crippen molar-refractivity contribution in [2.75, 3.05) is 26.4 Å². The standard InChI is InChI=1S/C58H110NO9P/c1-3-5-7-9-11-13-15-17-19-21-23-25-27-29-31-33-35-37-39-41-43-45-47-49-51-65-52-55(53-66-69(63,64)67-54-56(59)58(61)62)68-57(60)50-48-46-44-42-40-38-36-34-32-30-28-26-24-22-20-18-16-14-12-10-8-6-4-2/h16,18,21-24,55-56H,3-15,17,19-20,25-54,59H2,1-2H3,(H,61,62)(H,63,64)/b18-16-,23-21-,24-22-. The summed E-state index contributed by atoms with van der Waals surface area (Å²) < 4.78 is 33.6. The third kappa shape index (κ3) is 53.8. The zero-order valence-corrected chi connectivity index (χ0v) is 45.8. The van der Waals surface area contributed by atoms with E-state index >= 15 is 0 Å². The number of aliphatic carboxylic acids is 1. The first-order valence-electron chi connectivity index (χ1n) is 29.0. The van der Waals surface area contributed by atoms with Crippen molar-refractivity contribution in [3.8, 4) is 0 Å². The summed E-state index contributed by atoms with van der Waals surface area (Å²) in [6, 6.07) is -1.47. The lowest BCUT2D eigenvalue weighted by molar-refractivity contribution is -0.154. The summed E-state index contributed by atoms with van der Waals surface area (Å²) in [5.41, 5.74) is 5.39. The number of phosphoric ester groups is 1. The summed E-state index contributed by atoms with van der Waals surface area (Å²) in [6.45, 7) is 3.92. The predicted molar refractivity (Wildman–Crippen MR) is 291 cm³/mol. The maximum atomic E-state index is 12.7. The first-order chi connectivity index (χ1) is 33.7. The summed E-state index contributed by atoms with van der Waals surface area (Å²) >= 11 is 0. The second-order valence-corrected chi connectivity index (χ2v) is 21.2. The first-order valence-corrected chi connectivity index (χ1v) is 30.5. The Hall–Kier alpha value is -1.81. The molecule has 0 aromatic rings. The number of nitrogens with two attached hydrogens (primary N) is 1. The number of allylic oxidation sites excluding steroid dienone is 6. The average molecular weight is 996 g/mol. The Morgan fingerprint density at radius 2 is 0.797 bits per heavy atom. The van der Waals surface area contributed by atoms with Gasteiger partial charge in [-0.3, -0.25) is 18.6 Å². The SMILES string of the molecule is CCCCCCC/C=C\C/C=C\CCCCCCCCCCCCCC(=O)OC(COCCCCCCCCCCCCCC/C=C\CCCCCCCCCC)COP(=O)(O)OCC(N)C(=O)O. The van der Waals surface area contributed by atoms with Gasteiger partial charge < -0.3 is 25.2 Å². The molecule has 0 fully saturated rings. The van der Waals surface area contributed by atoms with Crippen LogP contribution in [0.3, 0.4) is 0 Å². The monoisotopic (exact) mass is 996 g/mol. The van der Waals surface area contributed by atoms with Gasteiger partial charge in [-0.15, -0.1) is 0 Å². The molecule has 0 saturated carbocycles. The van der Waals surface area contributed by atoms with Crippen LogP contribution in [0.4, 0.5) is 0 Å². The van der Waals surface area contributed by atoms with Crippen LogP contribution in [0.2, 0.25) is 0 Å². The zero-order chi connectivity index (χ0) is 50.4. The van der Waals surface area contributed by atoms with Gasteiger partial charge in [-0.25, -0.2) is 4.57 Å². The van der Waals surface area contributed by atoms with Gasteiger partial charge in [0.2, 0.25) is 0 Å². The second-order valence-electron chi connectivity index (χ2n) is 19.8. The molecule has 0 heterocycles. The molecule has 0 aliphatic rings. The molecule has 4 N–H and O–H groups in total. The van der Waals surface area contributed by atoms with Gasteiger partial charge in [-0.2, -0.15) is 0 Å². The summed E-state index contributed by atoms with van der Waals surface area (Å²) in [4.78, 5) is 33.8. The van der Waals surface area contributed by atoms with Crippen LogP contribution in [0.1, 0.15) is 284 Å². The molecule has 406 valence electrons. The molecule has 0 aromatic heterocycles. The van der Waals surface area contributed by atoms with Crippen molar-refractivity contribution in [3.05, 3.63) is 36.5 Å². The van der Waals surface area contributed by atoms with E-state index in [0.717, 1.165) is 44.9 Å².